The average Bonchev–Trinajstić information content (AvgIpc) is 2.29. The van der Waals surface area contributed by atoms with Gasteiger partial charge < -0.3 is 15.1 Å². The second-order valence-corrected chi connectivity index (χ2v) is 4.69. The first kappa shape index (κ1) is 11.9. The molecule has 1 fully saturated rings. The fourth-order valence-electron chi connectivity index (χ4n) is 1.92. The highest BCUT2D eigenvalue weighted by atomic mass is 16.4. The molecule has 0 saturated carbocycles. The molecule has 2 N–H and O–H groups in total. The number of nitrogens with zero attached hydrogens (tertiary/aromatic N) is 2. The smallest absolute Gasteiger partial charge is 0.337 e. The largest absolute Gasteiger partial charge is 0.478 e. The van der Waals surface area contributed by atoms with Crippen molar-refractivity contribution in [2.24, 2.45) is 0 Å². The van der Waals surface area contributed by atoms with E-state index in [1.165, 1.54) is 6.20 Å². The summed E-state index contributed by atoms with van der Waals surface area (Å²) in [4.78, 5) is 16.9. The third-order valence-corrected chi connectivity index (χ3v) is 3.16. The molecule has 5 heteroatoms. The first-order valence-corrected chi connectivity index (χ1v) is 5.65. The Balaban J connectivity index is 2.06. The van der Waals surface area contributed by atoms with E-state index in [4.69, 9.17) is 5.11 Å². The normalized spacial score (nSPS) is 19.1. The van der Waals surface area contributed by atoms with Gasteiger partial charge in [-0.2, -0.15) is 0 Å². The monoisotopic (exact) mass is 236 g/mol. The molecule has 0 radical (unpaired) electrons. The van der Waals surface area contributed by atoms with Crippen LogP contribution >= 0.6 is 0 Å². The number of hydrogen-bond donors (Lipinski definition) is 2. The second-order valence-electron chi connectivity index (χ2n) is 4.69. The Morgan fingerprint density at radius 1 is 1.41 bits per heavy atom. The topological polar surface area (TPSA) is 73.7 Å². The molecule has 0 spiro atoms. The van der Waals surface area contributed by atoms with Crippen LogP contribution in [-0.4, -0.2) is 39.9 Å². The third-order valence-electron chi connectivity index (χ3n) is 3.16. The fraction of sp³-hybridized carbons (Fsp3) is 0.500. The van der Waals surface area contributed by atoms with Crippen LogP contribution in [-0.2, 0) is 0 Å². The van der Waals surface area contributed by atoms with Crippen molar-refractivity contribution in [3.63, 3.8) is 0 Å². The Labute approximate surface area is 99.7 Å². The molecule has 1 aromatic rings. The minimum atomic E-state index is -0.967. The van der Waals surface area contributed by atoms with E-state index in [1.54, 1.807) is 12.1 Å². The molecular formula is C12H16N2O3. The Morgan fingerprint density at radius 3 is 2.53 bits per heavy atom. The molecule has 17 heavy (non-hydrogen) atoms. The highest BCUT2D eigenvalue weighted by molar-refractivity contribution is 5.87. The number of carboxylic acids is 1. The van der Waals surface area contributed by atoms with Crippen molar-refractivity contribution < 1.29 is 15.0 Å². The summed E-state index contributed by atoms with van der Waals surface area (Å²) in [7, 11) is 0. The van der Waals surface area contributed by atoms with E-state index in [-0.39, 0.29) is 5.56 Å². The number of rotatable bonds is 2. The molecule has 0 atom stereocenters. The van der Waals surface area contributed by atoms with Crippen molar-refractivity contribution in [3.05, 3.63) is 23.9 Å². The van der Waals surface area contributed by atoms with E-state index in [9.17, 15) is 9.90 Å². The highest BCUT2D eigenvalue weighted by Crippen LogP contribution is 2.24. The number of carboxylic acid groups (broad SMARTS) is 1. The highest BCUT2D eigenvalue weighted by Gasteiger charge is 2.27. The quantitative estimate of drug-likeness (QED) is 0.805. The van der Waals surface area contributed by atoms with Crippen LogP contribution in [0.15, 0.2) is 18.3 Å². The molecular weight excluding hydrogens is 220 g/mol. The lowest BCUT2D eigenvalue weighted by molar-refractivity contribution is 0.0350. The van der Waals surface area contributed by atoms with Crippen LogP contribution in [0, 0.1) is 0 Å². The number of carbonyl (C=O) groups is 1. The molecule has 0 aromatic carbocycles. The van der Waals surface area contributed by atoms with Crippen LogP contribution in [0.4, 0.5) is 5.82 Å². The lowest BCUT2D eigenvalue weighted by Gasteiger charge is -2.36. The van der Waals surface area contributed by atoms with Crippen molar-refractivity contribution in [2.45, 2.75) is 25.4 Å². The first-order valence-electron chi connectivity index (χ1n) is 5.65. The molecule has 1 saturated heterocycles. The number of pyridine rings is 1. The van der Waals surface area contributed by atoms with Gasteiger partial charge in [-0.05, 0) is 31.9 Å². The summed E-state index contributed by atoms with van der Waals surface area (Å²) in [6.45, 7) is 3.32. The third kappa shape index (κ3) is 2.74. The molecule has 0 amide bonds. The number of hydrogen-bond acceptors (Lipinski definition) is 4. The summed E-state index contributed by atoms with van der Waals surface area (Å²) >= 11 is 0. The predicted molar refractivity (Wildman–Crippen MR) is 63.3 cm³/mol. The van der Waals surface area contributed by atoms with Gasteiger partial charge in [-0.15, -0.1) is 0 Å². The summed E-state index contributed by atoms with van der Waals surface area (Å²) in [5.74, 6) is -0.198. The van der Waals surface area contributed by atoms with Crippen LogP contribution in [0.1, 0.15) is 30.1 Å². The molecule has 1 aliphatic rings. The lowest BCUT2D eigenvalue weighted by Crippen LogP contribution is -2.42. The summed E-state index contributed by atoms with van der Waals surface area (Å²) in [6, 6.07) is 3.26. The Bertz CT molecular complexity index is 404. The predicted octanol–water partition coefficient (Wildman–Crippen LogP) is 1.13. The molecule has 0 bridgehead atoms. The van der Waals surface area contributed by atoms with E-state index in [1.807, 2.05) is 6.92 Å². The summed E-state index contributed by atoms with van der Waals surface area (Å²) < 4.78 is 0. The van der Waals surface area contributed by atoms with Gasteiger partial charge >= 0.3 is 5.97 Å². The second kappa shape index (κ2) is 4.33. The maximum atomic E-state index is 10.7. The number of anilines is 1. The fourth-order valence-corrected chi connectivity index (χ4v) is 1.92. The summed E-state index contributed by atoms with van der Waals surface area (Å²) in [5, 5.41) is 18.6. The molecule has 1 aliphatic heterocycles. The van der Waals surface area contributed by atoms with E-state index >= 15 is 0 Å². The van der Waals surface area contributed by atoms with Crippen LogP contribution < -0.4 is 4.90 Å². The standard InChI is InChI=1S/C12H16N2O3/c1-12(17)4-6-14(7-5-12)10-3-2-9(8-13-10)11(15)16/h2-3,8,17H,4-7H2,1H3,(H,15,16). The number of piperidine rings is 1. The van der Waals surface area contributed by atoms with Gasteiger partial charge in [-0.1, -0.05) is 0 Å². The molecule has 2 rings (SSSR count). The van der Waals surface area contributed by atoms with Gasteiger partial charge in [0.2, 0.25) is 0 Å². The van der Waals surface area contributed by atoms with Gasteiger partial charge in [0.15, 0.2) is 0 Å². The van der Waals surface area contributed by atoms with Crippen LogP contribution in [0.2, 0.25) is 0 Å². The van der Waals surface area contributed by atoms with Crippen molar-refractivity contribution in [1.29, 1.82) is 0 Å². The Morgan fingerprint density at radius 2 is 2.06 bits per heavy atom. The van der Waals surface area contributed by atoms with Crippen molar-refractivity contribution in [1.82, 2.24) is 4.98 Å². The van der Waals surface area contributed by atoms with E-state index < -0.39 is 11.6 Å². The summed E-state index contributed by atoms with van der Waals surface area (Å²) in [5.41, 5.74) is -0.393. The van der Waals surface area contributed by atoms with E-state index in [2.05, 4.69) is 9.88 Å². The maximum absolute atomic E-state index is 10.7. The average molecular weight is 236 g/mol. The maximum Gasteiger partial charge on any atom is 0.337 e. The molecule has 1 aromatic heterocycles. The molecule has 0 aliphatic carbocycles. The molecule has 2 heterocycles. The molecule has 92 valence electrons. The van der Waals surface area contributed by atoms with Gasteiger partial charge in [-0.25, -0.2) is 9.78 Å². The van der Waals surface area contributed by atoms with Crippen LogP contribution in [0.3, 0.4) is 0 Å². The molecule has 5 nitrogen and oxygen atoms in total. The van der Waals surface area contributed by atoms with Gasteiger partial charge in [0, 0.05) is 19.3 Å². The number of aromatic carboxylic acids is 1. The zero-order valence-electron chi connectivity index (χ0n) is 9.76. The minimum Gasteiger partial charge on any atom is -0.478 e. The van der Waals surface area contributed by atoms with Crippen LogP contribution in [0.25, 0.3) is 0 Å². The molecule has 0 unspecified atom stereocenters. The first-order chi connectivity index (χ1) is 7.98. The van der Waals surface area contributed by atoms with Crippen LogP contribution in [0.5, 0.6) is 0 Å². The SMILES string of the molecule is CC1(O)CCN(c2ccc(C(=O)O)cn2)CC1. The Kier molecular flexibility index (Phi) is 3.02. The number of aliphatic hydroxyl groups is 1. The van der Waals surface area contributed by atoms with Gasteiger partial charge in [-0.3, -0.25) is 0 Å². The zero-order valence-corrected chi connectivity index (χ0v) is 9.76. The Hall–Kier alpha value is -1.62. The van der Waals surface area contributed by atoms with Gasteiger partial charge in [0.25, 0.3) is 0 Å². The van der Waals surface area contributed by atoms with Gasteiger partial charge in [0.05, 0.1) is 11.2 Å². The van der Waals surface area contributed by atoms with E-state index in [0.29, 0.717) is 12.8 Å². The zero-order chi connectivity index (χ0) is 12.5. The minimum absolute atomic E-state index is 0.192. The summed E-state index contributed by atoms with van der Waals surface area (Å²) in [6.07, 6.45) is 2.77. The van der Waals surface area contributed by atoms with E-state index in [0.717, 1.165) is 18.9 Å². The van der Waals surface area contributed by atoms with Crippen molar-refractivity contribution >= 4 is 11.8 Å². The lowest BCUT2D eigenvalue weighted by atomic mass is 9.94. The number of aromatic nitrogens is 1. The van der Waals surface area contributed by atoms with Crippen molar-refractivity contribution in [2.75, 3.05) is 18.0 Å². The van der Waals surface area contributed by atoms with Gasteiger partial charge in [0.1, 0.15) is 5.82 Å². The van der Waals surface area contributed by atoms with Crippen molar-refractivity contribution in [3.8, 4) is 0 Å².